The maximum atomic E-state index is 13.1. The first-order valence-corrected chi connectivity index (χ1v) is 10.4. The van der Waals surface area contributed by atoms with Gasteiger partial charge in [-0.25, -0.2) is 4.98 Å². The van der Waals surface area contributed by atoms with Crippen molar-refractivity contribution in [3.8, 4) is 28.4 Å². The van der Waals surface area contributed by atoms with Crippen LogP contribution in [0.4, 0.5) is 5.69 Å². The summed E-state index contributed by atoms with van der Waals surface area (Å²) >= 11 is 0. The molecule has 0 bridgehead atoms. The highest BCUT2D eigenvalue weighted by molar-refractivity contribution is 6.02. The van der Waals surface area contributed by atoms with Gasteiger partial charge in [-0.05, 0) is 36.6 Å². The molecule has 1 amide bonds. The van der Waals surface area contributed by atoms with E-state index in [4.69, 9.17) is 4.74 Å². The van der Waals surface area contributed by atoms with Gasteiger partial charge in [-0.2, -0.15) is 4.57 Å². The monoisotopic (exact) mass is 427 g/mol. The van der Waals surface area contributed by atoms with E-state index in [1.807, 2.05) is 55.7 Å². The van der Waals surface area contributed by atoms with Gasteiger partial charge in [-0.15, -0.1) is 10.2 Å². The SMILES string of the molecule is COc1ccc(-c2cc[n+](C)c(C(=O)Nc3cccc(-c4nncn4C4CC4)c3)c2)cn1. The van der Waals surface area contributed by atoms with Crippen LogP contribution >= 0.6 is 0 Å². The molecule has 1 N–H and O–H groups in total. The fourth-order valence-electron chi connectivity index (χ4n) is 3.65. The Labute approximate surface area is 185 Å². The summed E-state index contributed by atoms with van der Waals surface area (Å²) in [5.41, 5.74) is 3.96. The van der Waals surface area contributed by atoms with Crippen molar-refractivity contribution in [2.75, 3.05) is 12.4 Å². The summed E-state index contributed by atoms with van der Waals surface area (Å²) in [7, 11) is 3.43. The summed E-state index contributed by atoms with van der Waals surface area (Å²) in [5.74, 6) is 1.17. The zero-order valence-corrected chi connectivity index (χ0v) is 17.9. The molecular formula is C24H23N6O2+. The van der Waals surface area contributed by atoms with Crippen molar-refractivity contribution < 1.29 is 14.1 Å². The Bertz CT molecular complexity index is 1280. The van der Waals surface area contributed by atoms with Crippen LogP contribution in [0.25, 0.3) is 22.5 Å². The normalized spacial score (nSPS) is 13.1. The standard InChI is InChI=1S/C24H22N6O2/c1-29-11-10-16(18-6-9-22(32-2)25-14-18)13-21(29)24(31)27-19-5-3-4-17(12-19)23-28-26-15-30(23)20-7-8-20/h3-6,9-15,20H,7-8H2,1-2H3/p+1. The number of hydrogen-bond acceptors (Lipinski definition) is 5. The third-order valence-corrected chi connectivity index (χ3v) is 5.55. The van der Waals surface area contributed by atoms with E-state index in [-0.39, 0.29) is 5.91 Å². The lowest BCUT2D eigenvalue weighted by Gasteiger charge is -2.09. The quantitative estimate of drug-likeness (QED) is 0.477. The second-order valence-corrected chi connectivity index (χ2v) is 7.83. The van der Waals surface area contributed by atoms with Gasteiger partial charge in [-0.1, -0.05) is 12.1 Å². The molecule has 160 valence electrons. The Morgan fingerprint density at radius 2 is 2.00 bits per heavy atom. The minimum Gasteiger partial charge on any atom is -0.481 e. The van der Waals surface area contributed by atoms with Crippen LogP contribution < -0.4 is 14.6 Å². The number of rotatable bonds is 6. The van der Waals surface area contributed by atoms with E-state index in [9.17, 15) is 4.79 Å². The van der Waals surface area contributed by atoms with E-state index < -0.39 is 0 Å². The number of benzene rings is 1. The van der Waals surface area contributed by atoms with Crippen LogP contribution in [-0.4, -0.2) is 32.8 Å². The molecule has 1 aliphatic rings. The van der Waals surface area contributed by atoms with Crippen LogP contribution in [0.2, 0.25) is 0 Å². The predicted molar refractivity (Wildman–Crippen MR) is 119 cm³/mol. The predicted octanol–water partition coefficient (Wildman–Crippen LogP) is 3.43. The number of pyridine rings is 2. The van der Waals surface area contributed by atoms with E-state index in [2.05, 4.69) is 25.1 Å². The molecule has 5 rings (SSSR count). The van der Waals surface area contributed by atoms with E-state index in [0.717, 1.165) is 35.4 Å². The van der Waals surface area contributed by atoms with Crippen LogP contribution in [0.3, 0.4) is 0 Å². The molecule has 0 unspecified atom stereocenters. The number of aromatic nitrogens is 5. The van der Waals surface area contributed by atoms with Gasteiger partial charge in [0.05, 0.1) is 7.11 Å². The number of anilines is 1. The molecule has 1 fully saturated rings. The molecule has 0 radical (unpaired) electrons. The zero-order chi connectivity index (χ0) is 22.1. The first-order valence-electron chi connectivity index (χ1n) is 10.4. The molecule has 1 aliphatic carbocycles. The van der Waals surface area contributed by atoms with Crippen LogP contribution in [0.5, 0.6) is 5.88 Å². The molecule has 8 heteroatoms. The second-order valence-electron chi connectivity index (χ2n) is 7.83. The van der Waals surface area contributed by atoms with Crippen LogP contribution in [0.15, 0.2) is 67.3 Å². The first-order chi connectivity index (χ1) is 15.6. The number of nitrogens with zero attached hydrogens (tertiary/aromatic N) is 5. The molecule has 0 saturated heterocycles. The van der Waals surface area contributed by atoms with Gasteiger partial charge in [0, 0.05) is 47.3 Å². The van der Waals surface area contributed by atoms with Crippen molar-refractivity contribution in [1.82, 2.24) is 19.7 Å². The van der Waals surface area contributed by atoms with Crippen LogP contribution in [0, 0.1) is 0 Å². The molecule has 0 atom stereocenters. The summed E-state index contributed by atoms with van der Waals surface area (Å²) in [4.78, 5) is 17.4. The van der Waals surface area contributed by atoms with Crippen molar-refractivity contribution in [3.05, 3.63) is 72.9 Å². The number of carbonyl (C=O) groups excluding carboxylic acids is 1. The topological polar surface area (TPSA) is 85.8 Å². The third-order valence-electron chi connectivity index (χ3n) is 5.55. The highest BCUT2D eigenvalue weighted by atomic mass is 16.5. The molecular weight excluding hydrogens is 404 g/mol. The number of aryl methyl sites for hydroxylation is 1. The maximum absolute atomic E-state index is 13.1. The Hall–Kier alpha value is -4.07. The van der Waals surface area contributed by atoms with E-state index in [1.54, 1.807) is 30.3 Å². The lowest BCUT2D eigenvalue weighted by atomic mass is 10.1. The first kappa shape index (κ1) is 19.9. The van der Waals surface area contributed by atoms with Gasteiger partial charge in [0.15, 0.2) is 12.0 Å². The third kappa shape index (κ3) is 3.94. The molecule has 32 heavy (non-hydrogen) atoms. The van der Waals surface area contributed by atoms with Crippen molar-refractivity contribution in [1.29, 1.82) is 0 Å². The highest BCUT2D eigenvalue weighted by Gasteiger charge is 2.26. The molecule has 3 aromatic heterocycles. The van der Waals surface area contributed by atoms with Gasteiger partial charge < -0.3 is 14.6 Å². The average molecular weight is 427 g/mol. The number of methoxy groups -OCH3 is 1. The fraction of sp³-hybridized carbons (Fsp3) is 0.208. The molecule has 0 spiro atoms. The number of hydrogen-bond donors (Lipinski definition) is 1. The average Bonchev–Trinajstić information content (AvgIpc) is 3.55. The van der Waals surface area contributed by atoms with Gasteiger partial charge in [0.2, 0.25) is 5.88 Å². The molecule has 1 saturated carbocycles. The molecule has 8 nitrogen and oxygen atoms in total. The number of amides is 1. The summed E-state index contributed by atoms with van der Waals surface area (Å²) < 4.78 is 9.02. The molecule has 0 aliphatic heterocycles. The van der Waals surface area contributed by atoms with Gasteiger partial charge in [0.1, 0.15) is 13.4 Å². The van der Waals surface area contributed by atoms with Gasteiger partial charge >= 0.3 is 5.91 Å². The minimum absolute atomic E-state index is 0.198. The largest absolute Gasteiger partial charge is 0.481 e. The fourth-order valence-corrected chi connectivity index (χ4v) is 3.65. The van der Waals surface area contributed by atoms with Crippen LogP contribution in [-0.2, 0) is 7.05 Å². The molecule has 3 heterocycles. The zero-order valence-electron chi connectivity index (χ0n) is 17.9. The van der Waals surface area contributed by atoms with E-state index in [1.165, 1.54) is 0 Å². The van der Waals surface area contributed by atoms with Crippen LogP contribution in [0.1, 0.15) is 29.4 Å². The Morgan fingerprint density at radius 3 is 2.75 bits per heavy atom. The van der Waals surface area contributed by atoms with Crippen molar-refractivity contribution in [2.24, 2.45) is 7.05 Å². The van der Waals surface area contributed by atoms with Crippen molar-refractivity contribution in [3.63, 3.8) is 0 Å². The highest BCUT2D eigenvalue weighted by Crippen LogP contribution is 2.37. The Kier molecular flexibility index (Phi) is 5.10. The minimum atomic E-state index is -0.198. The van der Waals surface area contributed by atoms with Crippen molar-refractivity contribution >= 4 is 11.6 Å². The summed E-state index contributed by atoms with van der Waals surface area (Å²) in [6, 6.07) is 15.7. The number of ether oxygens (including phenoxy) is 1. The van der Waals surface area contributed by atoms with Gasteiger partial charge in [0.25, 0.3) is 5.69 Å². The smallest absolute Gasteiger partial charge is 0.320 e. The molecule has 4 aromatic rings. The summed E-state index contributed by atoms with van der Waals surface area (Å²) in [5, 5.41) is 11.4. The van der Waals surface area contributed by atoms with Gasteiger partial charge in [-0.3, -0.25) is 4.79 Å². The lowest BCUT2D eigenvalue weighted by molar-refractivity contribution is -0.673. The maximum Gasteiger partial charge on any atom is 0.320 e. The second kappa shape index (κ2) is 8.22. The molecule has 1 aromatic carbocycles. The van der Waals surface area contributed by atoms with E-state index in [0.29, 0.717) is 23.3 Å². The Balaban J connectivity index is 1.39. The van der Waals surface area contributed by atoms with Crippen molar-refractivity contribution in [2.45, 2.75) is 18.9 Å². The summed E-state index contributed by atoms with van der Waals surface area (Å²) in [6.45, 7) is 0. The number of carbonyl (C=O) groups is 1. The van der Waals surface area contributed by atoms with E-state index >= 15 is 0 Å². The lowest BCUT2D eigenvalue weighted by Crippen LogP contribution is -2.37. The summed E-state index contributed by atoms with van der Waals surface area (Å²) in [6.07, 6.45) is 7.67. The number of nitrogens with one attached hydrogen (secondary N) is 1. The Morgan fingerprint density at radius 1 is 1.12 bits per heavy atom.